The summed E-state index contributed by atoms with van der Waals surface area (Å²) in [6.45, 7) is 3.69. The van der Waals surface area contributed by atoms with Gasteiger partial charge in [-0.05, 0) is 24.7 Å². The third kappa shape index (κ3) is 3.76. The van der Waals surface area contributed by atoms with Gasteiger partial charge < -0.3 is 10.1 Å². The maximum atomic E-state index is 13.8. The Kier molecular flexibility index (Phi) is 4.86. The Morgan fingerprint density at radius 3 is 2.84 bits per heavy atom. The zero-order chi connectivity index (χ0) is 13.5. The lowest BCUT2D eigenvalue weighted by Crippen LogP contribution is -2.13. The van der Waals surface area contributed by atoms with E-state index in [-0.39, 0.29) is 12.4 Å². The topological polar surface area (TPSA) is 34.1 Å². The van der Waals surface area contributed by atoms with E-state index < -0.39 is 0 Å². The number of halogens is 1. The Morgan fingerprint density at radius 2 is 2.11 bits per heavy atom. The molecule has 0 atom stereocenters. The van der Waals surface area contributed by atoms with Crippen LogP contribution in [0.3, 0.4) is 0 Å². The van der Waals surface area contributed by atoms with Crippen molar-refractivity contribution in [1.29, 1.82) is 0 Å². The molecule has 0 aliphatic rings. The highest BCUT2D eigenvalue weighted by Crippen LogP contribution is 2.23. The van der Waals surface area contributed by atoms with Crippen LogP contribution in [-0.4, -0.2) is 11.5 Å². The molecule has 1 heterocycles. The number of rotatable bonds is 6. The molecule has 0 fully saturated rings. The van der Waals surface area contributed by atoms with Crippen LogP contribution in [0.1, 0.15) is 18.2 Å². The molecule has 0 radical (unpaired) electrons. The minimum absolute atomic E-state index is 0.265. The molecular formula is C15H17FN2O. The summed E-state index contributed by atoms with van der Waals surface area (Å²) in [4.78, 5) is 4.15. The monoisotopic (exact) mass is 260 g/mol. The number of hydrogen-bond acceptors (Lipinski definition) is 3. The fourth-order valence-electron chi connectivity index (χ4n) is 1.74. The SMILES string of the molecule is CCNCc1cccc(F)c1OCc1ccccn1. The maximum absolute atomic E-state index is 13.8. The highest BCUT2D eigenvalue weighted by atomic mass is 19.1. The van der Waals surface area contributed by atoms with E-state index in [9.17, 15) is 4.39 Å². The molecule has 0 saturated heterocycles. The van der Waals surface area contributed by atoms with Gasteiger partial charge in [0.15, 0.2) is 11.6 Å². The zero-order valence-corrected chi connectivity index (χ0v) is 10.9. The van der Waals surface area contributed by atoms with Crippen LogP contribution in [0.2, 0.25) is 0 Å². The number of pyridine rings is 1. The van der Waals surface area contributed by atoms with Crippen molar-refractivity contribution >= 4 is 0 Å². The smallest absolute Gasteiger partial charge is 0.165 e. The number of para-hydroxylation sites is 1. The van der Waals surface area contributed by atoms with Gasteiger partial charge in [-0.2, -0.15) is 0 Å². The molecule has 3 nitrogen and oxygen atoms in total. The normalized spacial score (nSPS) is 10.4. The third-order valence-corrected chi connectivity index (χ3v) is 2.70. The second-order valence-corrected chi connectivity index (χ2v) is 4.12. The number of nitrogens with one attached hydrogen (secondary N) is 1. The average Bonchev–Trinajstić information content (AvgIpc) is 2.45. The summed E-state index contributed by atoms with van der Waals surface area (Å²) in [5.41, 5.74) is 1.60. The van der Waals surface area contributed by atoms with E-state index in [0.717, 1.165) is 17.8 Å². The summed E-state index contributed by atoms with van der Waals surface area (Å²) in [5.74, 6) is -0.0413. The van der Waals surface area contributed by atoms with Crippen molar-refractivity contribution < 1.29 is 9.13 Å². The van der Waals surface area contributed by atoms with E-state index >= 15 is 0 Å². The second-order valence-electron chi connectivity index (χ2n) is 4.12. The maximum Gasteiger partial charge on any atom is 0.165 e. The van der Waals surface area contributed by atoms with Gasteiger partial charge in [0.2, 0.25) is 0 Å². The first kappa shape index (κ1) is 13.5. The van der Waals surface area contributed by atoms with Gasteiger partial charge in [0.25, 0.3) is 0 Å². The van der Waals surface area contributed by atoms with Gasteiger partial charge in [0.05, 0.1) is 5.69 Å². The van der Waals surface area contributed by atoms with Gasteiger partial charge in [-0.3, -0.25) is 4.98 Å². The zero-order valence-electron chi connectivity index (χ0n) is 10.9. The minimum atomic E-state index is -0.341. The Labute approximate surface area is 112 Å². The second kappa shape index (κ2) is 6.85. The van der Waals surface area contributed by atoms with Crippen LogP contribution < -0.4 is 10.1 Å². The molecule has 1 aromatic carbocycles. The molecular weight excluding hydrogens is 243 g/mol. The van der Waals surface area contributed by atoms with Crippen molar-refractivity contribution in [3.63, 3.8) is 0 Å². The van der Waals surface area contributed by atoms with Gasteiger partial charge in [0, 0.05) is 18.3 Å². The first-order chi connectivity index (χ1) is 9.31. The number of benzene rings is 1. The quantitative estimate of drug-likeness (QED) is 0.867. The summed E-state index contributed by atoms with van der Waals surface area (Å²) >= 11 is 0. The molecule has 0 aliphatic heterocycles. The van der Waals surface area contributed by atoms with Crippen LogP contribution in [0.4, 0.5) is 4.39 Å². The molecule has 0 spiro atoms. The van der Waals surface area contributed by atoms with Crippen LogP contribution in [-0.2, 0) is 13.2 Å². The number of ether oxygens (including phenoxy) is 1. The fourth-order valence-corrected chi connectivity index (χ4v) is 1.74. The highest BCUT2D eigenvalue weighted by Gasteiger charge is 2.09. The first-order valence-corrected chi connectivity index (χ1v) is 6.32. The van der Waals surface area contributed by atoms with Gasteiger partial charge in [-0.15, -0.1) is 0 Å². The van der Waals surface area contributed by atoms with E-state index in [1.54, 1.807) is 12.3 Å². The molecule has 19 heavy (non-hydrogen) atoms. The molecule has 0 amide bonds. The summed E-state index contributed by atoms with van der Waals surface area (Å²) in [5, 5.41) is 3.17. The summed E-state index contributed by atoms with van der Waals surface area (Å²) in [7, 11) is 0. The third-order valence-electron chi connectivity index (χ3n) is 2.70. The molecule has 0 unspecified atom stereocenters. The van der Waals surface area contributed by atoms with Crippen molar-refractivity contribution in [3.05, 3.63) is 59.7 Å². The number of hydrogen-bond donors (Lipinski definition) is 1. The average molecular weight is 260 g/mol. The first-order valence-electron chi connectivity index (χ1n) is 6.32. The van der Waals surface area contributed by atoms with Crippen LogP contribution in [0.25, 0.3) is 0 Å². The van der Waals surface area contributed by atoms with Gasteiger partial charge in [-0.1, -0.05) is 25.1 Å². The molecule has 2 aromatic rings. The standard InChI is InChI=1S/C15H17FN2O/c1-2-17-10-12-6-5-8-14(16)15(12)19-11-13-7-3-4-9-18-13/h3-9,17H,2,10-11H2,1H3. The molecule has 0 saturated carbocycles. The number of nitrogens with zero attached hydrogens (tertiary/aromatic N) is 1. The van der Waals surface area contributed by atoms with Crippen LogP contribution in [0.5, 0.6) is 5.75 Å². The van der Waals surface area contributed by atoms with Crippen molar-refractivity contribution in [2.75, 3.05) is 6.54 Å². The Hall–Kier alpha value is -1.94. The van der Waals surface area contributed by atoms with E-state index in [1.165, 1.54) is 6.07 Å². The van der Waals surface area contributed by atoms with E-state index in [0.29, 0.717) is 12.3 Å². The van der Waals surface area contributed by atoms with Gasteiger partial charge >= 0.3 is 0 Å². The molecule has 4 heteroatoms. The van der Waals surface area contributed by atoms with Crippen molar-refractivity contribution in [2.45, 2.75) is 20.1 Å². The van der Waals surface area contributed by atoms with E-state index in [4.69, 9.17) is 4.74 Å². The minimum Gasteiger partial charge on any atom is -0.484 e. The van der Waals surface area contributed by atoms with Crippen molar-refractivity contribution in [3.8, 4) is 5.75 Å². The van der Waals surface area contributed by atoms with Crippen molar-refractivity contribution in [1.82, 2.24) is 10.3 Å². The largest absolute Gasteiger partial charge is 0.484 e. The molecule has 2 rings (SSSR count). The van der Waals surface area contributed by atoms with Crippen molar-refractivity contribution in [2.24, 2.45) is 0 Å². The lowest BCUT2D eigenvalue weighted by molar-refractivity contribution is 0.282. The molecule has 1 N–H and O–H groups in total. The van der Waals surface area contributed by atoms with Crippen LogP contribution in [0, 0.1) is 5.82 Å². The Bertz CT molecular complexity index is 517. The summed E-state index contributed by atoms with van der Waals surface area (Å²) < 4.78 is 19.4. The lowest BCUT2D eigenvalue weighted by atomic mass is 10.2. The molecule has 0 aliphatic carbocycles. The molecule has 1 aromatic heterocycles. The highest BCUT2D eigenvalue weighted by molar-refractivity contribution is 5.35. The van der Waals surface area contributed by atoms with Gasteiger partial charge in [-0.25, -0.2) is 4.39 Å². The fraction of sp³-hybridized carbons (Fsp3) is 0.267. The number of aromatic nitrogens is 1. The predicted molar refractivity (Wildman–Crippen MR) is 72.3 cm³/mol. The predicted octanol–water partition coefficient (Wildman–Crippen LogP) is 2.91. The Morgan fingerprint density at radius 1 is 1.21 bits per heavy atom. The molecule has 0 bridgehead atoms. The van der Waals surface area contributed by atoms with E-state index in [2.05, 4.69) is 10.3 Å². The van der Waals surface area contributed by atoms with Crippen LogP contribution in [0.15, 0.2) is 42.6 Å². The van der Waals surface area contributed by atoms with E-state index in [1.807, 2.05) is 31.2 Å². The van der Waals surface area contributed by atoms with Crippen LogP contribution >= 0.6 is 0 Å². The molecule has 100 valence electrons. The summed E-state index contributed by atoms with van der Waals surface area (Å²) in [6.07, 6.45) is 1.69. The Balaban J connectivity index is 2.10. The lowest BCUT2D eigenvalue weighted by Gasteiger charge is -2.12. The summed E-state index contributed by atoms with van der Waals surface area (Å²) in [6, 6.07) is 10.5. The van der Waals surface area contributed by atoms with Gasteiger partial charge in [0.1, 0.15) is 6.61 Å².